The number of hydrogen-bond donors (Lipinski definition) is 0. The van der Waals surface area contributed by atoms with E-state index in [9.17, 15) is 0 Å². The molecule has 21 heavy (non-hydrogen) atoms. The third-order valence-electron chi connectivity index (χ3n) is 3.94. The molecule has 0 atom stereocenters. The Hall–Kier alpha value is -0.850. The summed E-state index contributed by atoms with van der Waals surface area (Å²) in [6.45, 7) is 8.69. The third-order valence-corrected chi connectivity index (χ3v) is 3.94. The molecule has 0 aromatic rings. The number of unbranched alkanes of at least 4 members (excludes halogenated alkanes) is 6. The van der Waals surface area contributed by atoms with Gasteiger partial charge in [0.1, 0.15) is 0 Å². The van der Waals surface area contributed by atoms with Crippen molar-refractivity contribution in [1.82, 2.24) is 0 Å². The molecule has 0 N–H and O–H groups in total. The summed E-state index contributed by atoms with van der Waals surface area (Å²) in [5.41, 5.74) is 1.28. The molecule has 0 aliphatic heterocycles. The predicted octanol–water partition coefficient (Wildman–Crippen LogP) is 7.09. The maximum atomic E-state index is 4.68. The average molecular weight is 292 g/mol. The zero-order valence-corrected chi connectivity index (χ0v) is 14.9. The summed E-state index contributed by atoms with van der Waals surface area (Å²) in [7, 11) is 0. The molecule has 0 saturated heterocycles. The molecule has 122 valence electrons. The van der Waals surface area contributed by atoms with Crippen LogP contribution >= 0.6 is 0 Å². The van der Waals surface area contributed by atoms with Crippen LogP contribution in [0.25, 0.3) is 0 Å². The fraction of sp³-hybridized carbons (Fsp3) is 0.750. The fourth-order valence-electron chi connectivity index (χ4n) is 2.69. The first kappa shape index (κ1) is 20.1. The van der Waals surface area contributed by atoms with Gasteiger partial charge in [0.2, 0.25) is 0 Å². The van der Waals surface area contributed by atoms with E-state index in [1.807, 2.05) is 19.2 Å². The minimum Gasteiger partial charge on any atom is -0.261 e. The standard InChI is InChI=1S/C20H37N/c1-5-9-11-13-16-19(17-14-12-10-6-2)20(15-7-3)21-18-8-4/h7-8,15,18-19H,5-6,9-14,16-17H2,1-4H3/b15-7-,18-8-,21-20+. The van der Waals surface area contributed by atoms with Crippen molar-refractivity contribution in [2.45, 2.75) is 91.9 Å². The molecule has 0 aromatic carbocycles. The quantitative estimate of drug-likeness (QED) is 0.253. The molecule has 0 saturated carbocycles. The molecule has 0 unspecified atom stereocenters. The van der Waals surface area contributed by atoms with Crippen LogP contribution in [0.15, 0.2) is 29.4 Å². The Morgan fingerprint density at radius 2 is 1.38 bits per heavy atom. The minimum absolute atomic E-state index is 0.645. The smallest absolute Gasteiger partial charge is 0.0431 e. The van der Waals surface area contributed by atoms with E-state index < -0.39 is 0 Å². The highest BCUT2D eigenvalue weighted by Crippen LogP contribution is 2.21. The van der Waals surface area contributed by atoms with Gasteiger partial charge in [0, 0.05) is 17.8 Å². The van der Waals surface area contributed by atoms with E-state index in [0.29, 0.717) is 5.92 Å². The van der Waals surface area contributed by atoms with E-state index in [1.54, 1.807) is 0 Å². The number of hydrogen-bond acceptors (Lipinski definition) is 1. The molecule has 1 nitrogen and oxygen atoms in total. The lowest BCUT2D eigenvalue weighted by atomic mass is 9.90. The minimum atomic E-state index is 0.645. The highest BCUT2D eigenvalue weighted by atomic mass is 14.7. The van der Waals surface area contributed by atoms with Crippen molar-refractivity contribution in [2.24, 2.45) is 10.9 Å². The molecule has 0 heterocycles. The monoisotopic (exact) mass is 291 g/mol. The van der Waals surface area contributed by atoms with Gasteiger partial charge in [-0.15, -0.1) is 0 Å². The van der Waals surface area contributed by atoms with Gasteiger partial charge in [0.25, 0.3) is 0 Å². The van der Waals surface area contributed by atoms with Crippen LogP contribution in [0, 0.1) is 5.92 Å². The van der Waals surface area contributed by atoms with Gasteiger partial charge in [-0.2, -0.15) is 0 Å². The van der Waals surface area contributed by atoms with Crippen LogP contribution in [0.1, 0.15) is 91.9 Å². The Bertz CT molecular complexity index is 287. The van der Waals surface area contributed by atoms with Crippen molar-refractivity contribution in [3.63, 3.8) is 0 Å². The van der Waals surface area contributed by atoms with Crippen molar-refractivity contribution in [2.75, 3.05) is 0 Å². The summed E-state index contributed by atoms with van der Waals surface area (Å²) in [5.74, 6) is 0.645. The van der Waals surface area contributed by atoms with Crippen molar-refractivity contribution in [3.8, 4) is 0 Å². The van der Waals surface area contributed by atoms with Crippen LogP contribution in [-0.4, -0.2) is 5.71 Å². The zero-order valence-electron chi connectivity index (χ0n) is 14.9. The highest BCUT2D eigenvalue weighted by molar-refractivity contribution is 5.97. The maximum Gasteiger partial charge on any atom is 0.0431 e. The Morgan fingerprint density at radius 1 is 0.810 bits per heavy atom. The number of aliphatic imine (C=N–C) groups is 1. The summed E-state index contributed by atoms with van der Waals surface area (Å²) in [6.07, 6.45) is 21.7. The van der Waals surface area contributed by atoms with Crippen LogP contribution < -0.4 is 0 Å². The first-order valence-corrected chi connectivity index (χ1v) is 9.11. The van der Waals surface area contributed by atoms with Crippen LogP contribution in [-0.2, 0) is 0 Å². The zero-order chi connectivity index (χ0) is 15.8. The Labute approximate surface area is 133 Å². The average Bonchev–Trinajstić information content (AvgIpc) is 2.50. The van der Waals surface area contributed by atoms with E-state index in [4.69, 9.17) is 0 Å². The lowest BCUT2D eigenvalue weighted by Crippen LogP contribution is -2.12. The molecule has 0 amide bonds. The highest BCUT2D eigenvalue weighted by Gasteiger charge is 2.13. The molecule has 0 radical (unpaired) electrons. The summed E-state index contributed by atoms with van der Waals surface area (Å²) in [4.78, 5) is 4.68. The lowest BCUT2D eigenvalue weighted by Gasteiger charge is -2.17. The van der Waals surface area contributed by atoms with E-state index in [1.165, 1.54) is 69.9 Å². The van der Waals surface area contributed by atoms with Crippen molar-refractivity contribution < 1.29 is 0 Å². The first-order chi connectivity index (χ1) is 10.3. The second-order valence-corrected chi connectivity index (χ2v) is 5.93. The molecule has 0 bridgehead atoms. The van der Waals surface area contributed by atoms with Crippen molar-refractivity contribution >= 4 is 5.71 Å². The van der Waals surface area contributed by atoms with E-state index in [2.05, 4.69) is 37.9 Å². The molecule has 0 aliphatic rings. The van der Waals surface area contributed by atoms with Gasteiger partial charge in [0.05, 0.1) is 0 Å². The molecule has 0 fully saturated rings. The number of nitrogens with zero attached hydrogens (tertiary/aromatic N) is 1. The van der Waals surface area contributed by atoms with Gasteiger partial charge in [0.15, 0.2) is 0 Å². The summed E-state index contributed by atoms with van der Waals surface area (Å²) in [6, 6.07) is 0. The Kier molecular flexibility index (Phi) is 14.9. The SMILES string of the molecule is C\C=C/N=C(\C=C/C)C(CCCCCC)CCCCCC. The van der Waals surface area contributed by atoms with E-state index in [0.717, 1.165) is 0 Å². The maximum absolute atomic E-state index is 4.68. The third kappa shape index (κ3) is 11.5. The summed E-state index contributed by atoms with van der Waals surface area (Å²) in [5, 5.41) is 0. The molecule has 1 heteroatoms. The molecule has 0 spiro atoms. The number of allylic oxidation sites excluding steroid dienone is 3. The van der Waals surface area contributed by atoms with E-state index in [-0.39, 0.29) is 0 Å². The molecule has 0 rings (SSSR count). The van der Waals surface area contributed by atoms with Gasteiger partial charge in [-0.3, -0.25) is 4.99 Å². The molecule has 0 aliphatic carbocycles. The molecular weight excluding hydrogens is 254 g/mol. The lowest BCUT2D eigenvalue weighted by molar-refractivity contribution is 0.494. The topological polar surface area (TPSA) is 12.4 Å². The first-order valence-electron chi connectivity index (χ1n) is 9.11. The second kappa shape index (κ2) is 15.5. The molecular formula is C20H37N. The Morgan fingerprint density at radius 3 is 1.81 bits per heavy atom. The van der Waals surface area contributed by atoms with Crippen LogP contribution in [0.4, 0.5) is 0 Å². The van der Waals surface area contributed by atoms with Crippen molar-refractivity contribution in [3.05, 3.63) is 24.4 Å². The predicted molar refractivity (Wildman–Crippen MR) is 98.1 cm³/mol. The van der Waals surface area contributed by atoms with Crippen LogP contribution in [0.3, 0.4) is 0 Å². The van der Waals surface area contributed by atoms with Gasteiger partial charge < -0.3 is 0 Å². The van der Waals surface area contributed by atoms with Gasteiger partial charge in [-0.05, 0) is 32.8 Å². The summed E-state index contributed by atoms with van der Waals surface area (Å²) >= 11 is 0. The molecule has 0 aromatic heterocycles. The van der Waals surface area contributed by atoms with Gasteiger partial charge >= 0.3 is 0 Å². The largest absolute Gasteiger partial charge is 0.261 e. The fourth-order valence-corrected chi connectivity index (χ4v) is 2.69. The van der Waals surface area contributed by atoms with Gasteiger partial charge in [-0.25, -0.2) is 0 Å². The Balaban J connectivity index is 4.55. The van der Waals surface area contributed by atoms with Gasteiger partial charge in [-0.1, -0.05) is 77.4 Å². The van der Waals surface area contributed by atoms with Crippen molar-refractivity contribution in [1.29, 1.82) is 0 Å². The van der Waals surface area contributed by atoms with Crippen LogP contribution in [0.2, 0.25) is 0 Å². The van der Waals surface area contributed by atoms with E-state index >= 15 is 0 Å². The normalized spacial score (nSPS) is 13.1. The summed E-state index contributed by atoms with van der Waals surface area (Å²) < 4.78 is 0. The van der Waals surface area contributed by atoms with Crippen LogP contribution in [0.5, 0.6) is 0 Å². The second-order valence-electron chi connectivity index (χ2n) is 5.93. The number of rotatable bonds is 13.